The molecule has 0 spiro atoms. The van der Waals surface area contributed by atoms with Gasteiger partial charge in [-0.2, -0.15) is 0 Å². The lowest BCUT2D eigenvalue weighted by atomic mass is 10.2. The van der Waals surface area contributed by atoms with E-state index in [1.807, 2.05) is 19.9 Å². The molecule has 0 aliphatic heterocycles. The molecule has 1 aromatic rings. The van der Waals surface area contributed by atoms with E-state index in [4.69, 9.17) is 4.74 Å². The first-order valence-corrected chi connectivity index (χ1v) is 7.50. The fraction of sp³-hybridized carbons (Fsp3) is 0.562. The molecule has 0 aromatic heterocycles. The SMILES string of the molecule is CCNC(=NCc1ccc(OCC)c(F)c1)NCC(C)C.I. The molecule has 0 saturated carbocycles. The van der Waals surface area contributed by atoms with Crippen LogP contribution in [0.5, 0.6) is 5.75 Å². The Bertz CT molecular complexity index is 467. The molecule has 0 saturated heterocycles. The Labute approximate surface area is 149 Å². The van der Waals surface area contributed by atoms with Gasteiger partial charge in [0.25, 0.3) is 0 Å². The summed E-state index contributed by atoms with van der Waals surface area (Å²) in [5.74, 6) is 1.23. The van der Waals surface area contributed by atoms with E-state index in [9.17, 15) is 4.39 Å². The summed E-state index contributed by atoms with van der Waals surface area (Å²) in [6.07, 6.45) is 0. The highest BCUT2D eigenvalue weighted by atomic mass is 127. The van der Waals surface area contributed by atoms with Crippen LogP contribution in [0.3, 0.4) is 0 Å². The van der Waals surface area contributed by atoms with Gasteiger partial charge >= 0.3 is 0 Å². The summed E-state index contributed by atoms with van der Waals surface area (Å²) in [6, 6.07) is 4.96. The molecule has 126 valence electrons. The average Bonchev–Trinajstić information content (AvgIpc) is 2.44. The minimum absolute atomic E-state index is 0. The van der Waals surface area contributed by atoms with Crippen LogP contribution >= 0.6 is 24.0 Å². The van der Waals surface area contributed by atoms with Crippen molar-refractivity contribution in [2.24, 2.45) is 10.9 Å². The Balaban J connectivity index is 0.00000441. The Hall–Kier alpha value is -1.05. The molecular weight excluding hydrogens is 396 g/mol. The predicted molar refractivity (Wildman–Crippen MR) is 101 cm³/mol. The fourth-order valence-electron chi connectivity index (χ4n) is 1.73. The topological polar surface area (TPSA) is 45.7 Å². The molecule has 0 atom stereocenters. The number of nitrogens with one attached hydrogen (secondary N) is 2. The van der Waals surface area contributed by atoms with E-state index in [0.717, 1.165) is 24.6 Å². The number of hydrogen-bond acceptors (Lipinski definition) is 2. The lowest BCUT2D eigenvalue weighted by Crippen LogP contribution is -2.39. The molecule has 0 fully saturated rings. The van der Waals surface area contributed by atoms with E-state index in [2.05, 4.69) is 29.5 Å². The number of hydrogen-bond donors (Lipinski definition) is 2. The third kappa shape index (κ3) is 7.82. The molecule has 0 aliphatic carbocycles. The van der Waals surface area contributed by atoms with Crippen LogP contribution in [-0.4, -0.2) is 25.7 Å². The summed E-state index contributed by atoms with van der Waals surface area (Å²) in [5.41, 5.74) is 0.817. The van der Waals surface area contributed by atoms with Gasteiger partial charge in [-0.05, 0) is 37.5 Å². The van der Waals surface area contributed by atoms with Crippen molar-refractivity contribution in [3.63, 3.8) is 0 Å². The number of halogens is 2. The molecule has 1 aromatic carbocycles. The van der Waals surface area contributed by atoms with Gasteiger partial charge in [0.2, 0.25) is 0 Å². The highest BCUT2D eigenvalue weighted by Crippen LogP contribution is 2.18. The maximum absolute atomic E-state index is 13.8. The van der Waals surface area contributed by atoms with Gasteiger partial charge in [-0.1, -0.05) is 19.9 Å². The van der Waals surface area contributed by atoms with E-state index in [1.165, 1.54) is 6.07 Å². The summed E-state index contributed by atoms with van der Waals surface area (Å²) in [6.45, 7) is 10.7. The minimum atomic E-state index is -0.343. The molecule has 0 heterocycles. The van der Waals surface area contributed by atoms with Crippen LogP contribution in [0, 0.1) is 11.7 Å². The summed E-state index contributed by atoms with van der Waals surface area (Å²) >= 11 is 0. The van der Waals surface area contributed by atoms with Gasteiger partial charge < -0.3 is 15.4 Å². The Morgan fingerprint density at radius 3 is 2.55 bits per heavy atom. The van der Waals surface area contributed by atoms with Crippen molar-refractivity contribution in [1.29, 1.82) is 0 Å². The van der Waals surface area contributed by atoms with Crippen molar-refractivity contribution in [2.75, 3.05) is 19.7 Å². The summed E-state index contributed by atoms with van der Waals surface area (Å²) in [5, 5.41) is 6.43. The largest absolute Gasteiger partial charge is 0.491 e. The summed E-state index contributed by atoms with van der Waals surface area (Å²) in [7, 11) is 0. The van der Waals surface area contributed by atoms with Gasteiger partial charge in [0.15, 0.2) is 17.5 Å². The number of ether oxygens (including phenoxy) is 1. The van der Waals surface area contributed by atoms with Crippen LogP contribution < -0.4 is 15.4 Å². The lowest BCUT2D eigenvalue weighted by Gasteiger charge is -2.13. The van der Waals surface area contributed by atoms with E-state index >= 15 is 0 Å². The highest BCUT2D eigenvalue weighted by Gasteiger charge is 2.04. The predicted octanol–water partition coefficient (Wildman–Crippen LogP) is 3.55. The van der Waals surface area contributed by atoms with Crippen molar-refractivity contribution >= 4 is 29.9 Å². The molecular formula is C16H27FIN3O. The number of benzene rings is 1. The average molecular weight is 423 g/mol. The summed E-state index contributed by atoms with van der Waals surface area (Å²) < 4.78 is 18.9. The number of nitrogens with zero attached hydrogens (tertiary/aromatic N) is 1. The number of aliphatic imine (C=N–C) groups is 1. The van der Waals surface area contributed by atoms with E-state index in [-0.39, 0.29) is 35.5 Å². The second kappa shape index (κ2) is 11.5. The second-order valence-corrected chi connectivity index (χ2v) is 5.17. The van der Waals surface area contributed by atoms with Gasteiger partial charge in [-0.3, -0.25) is 0 Å². The van der Waals surface area contributed by atoms with Crippen molar-refractivity contribution in [3.05, 3.63) is 29.6 Å². The van der Waals surface area contributed by atoms with Gasteiger partial charge in [0.1, 0.15) is 0 Å². The maximum Gasteiger partial charge on any atom is 0.191 e. The van der Waals surface area contributed by atoms with Crippen LogP contribution in [0.1, 0.15) is 33.3 Å². The monoisotopic (exact) mass is 423 g/mol. The molecule has 0 unspecified atom stereocenters. The zero-order valence-corrected chi connectivity index (χ0v) is 16.1. The minimum Gasteiger partial charge on any atom is -0.491 e. The van der Waals surface area contributed by atoms with E-state index in [1.54, 1.807) is 6.07 Å². The molecule has 22 heavy (non-hydrogen) atoms. The first-order valence-electron chi connectivity index (χ1n) is 7.50. The number of rotatable bonds is 7. The van der Waals surface area contributed by atoms with Gasteiger partial charge in [0, 0.05) is 13.1 Å². The van der Waals surface area contributed by atoms with Crippen LogP contribution in [0.15, 0.2) is 23.2 Å². The zero-order chi connectivity index (χ0) is 15.7. The lowest BCUT2D eigenvalue weighted by molar-refractivity contribution is 0.321. The third-order valence-corrected chi connectivity index (χ3v) is 2.74. The highest BCUT2D eigenvalue weighted by molar-refractivity contribution is 14.0. The molecule has 2 N–H and O–H groups in total. The van der Waals surface area contributed by atoms with Crippen molar-refractivity contribution in [3.8, 4) is 5.75 Å². The molecule has 0 bridgehead atoms. The zero-order valence-electron chi connectivity index (χ0n) is 13.8. The van der Waals surface area contributed by atoms with Crippen molar-refractivity contribution in [2.45, 2.75) is 34.2 Å². The first-order chi connectivity index (χ1) is 10.1. The Kier molecular flexibility index (Phi) is 11.0. The van der Waals surface area contributed by atoms with Crippen LogP contribution in [0.25, 0.3) is 0 Å². The molecule has 6 heteroatoms. The Morgan fingerprint density at radius 2 is 2.00 bits per heavy atom. The van der Waals surface area contributed by atoms with E-state index in [0.29, 0.717) is 19.1 Å². The van der Waals surface area contributed by atoms with E-state index < -0.39 is 0 Å². The molecule has 4 nitrogen and oxygen atoms in total. The fourth-order valence-corrected chi connectivity index (χ4v) is 1.73. The van der Waals surface area contributed by atoms with Gasteiger partial charge in [-0.15, -0.1) is 24.0 Å². The van der Waals surface area contributed by atoms with Crippen molar-refractivity contribution < 1.29 is 9.13 Å². The molecule has 0 aliphatic rings. The van der Waals surface area contributed by atoms with Crippen LogP contribution in [-0.2, 0) is 6.54 Å². The first kappa shape index (κ1) is 20.9. The van der Waals surface area contributed by atoms with Crippen molar-refractivity contribution in [1.82, 2.24) is 10.6 Å². The van der Waals surface area contributed by atoms with Crippen LogP contribution in [0.4, 0.5) is 4.39 Å². The van der Waals surface area contributed by atoms with Gasteiger partial charge in [0.05, 0.1) is 13.2 Å². The molecule has 0 radical (unpaired) electrons. The number of guanidine groups is 1. The second-order valence-electron chi connectivity index (χ2n) is 5.17. The quantitative estimate of drug-likeness (QED) is 0.401. The maximum atomic E-state index is 13.8. The summed E-state index contributed by atoms with van der Waals surface area (Å²) in [4.78, 5) is 4.46. The molecule has 0 amide bonds. The Morgan fingerprint density at radius 1 is 1.27 bits per heavy atom. The standard InChI is InChI=1S/C16H26FN3O.HI/c1-5-18-16(19-10-12(3)4)20-11-13-7-8-15(21-6-2)14(17)9-13;/h7-9,12H,5-6,10-11H2,1-4H3,(H2,18,19,20);1H. The van der Waals surface area contributed by atoms with Gasteiger partial charge in [-0.25, -0.2) is 9.38 Å². The smallest absolute Gasteiger partial charge is 0.191 e. The normalized spacial score (nSPS) is 11.1. The third-order valence-electron chi connectivity index (χ3n) is 2.74. The molecule has 1 rings (SSSR count). The van der Waals surface area contributed by atoms with Crippen LogP contribution in [0.2, 0.25) is 0 Å².